The van der Waals surface area contributed by atoms with Crippen LogP contribution in [0.1, 0.15) is 17.5 Å². The molecule has 11 nitrogen and oxygen atoms in total. The minimum atomic E-state index is -5.09. The van der Waals surface area contributed by atoms with Crippen LogP contribution < -0.4 is 5.46 Å². The Morgan fingerprint density at radius 2 is 1.25 bits per heavy atom. The lowest BCUT2D eigenvalue weighted by Gasteiger charge is -2.37. The van der Waals surface area contributed by atoms with E-state index in [1.165, 1.54) is 12.1 Å². The second-order valence-electron chi connectivity index (χ2n) is 8.19. The third kappa shape index (κ3) is 3.54. The first kappa shape index (κ1) is 25.6. The van der Waals surface area contributed by atoms with Gasteiger partial charge in [0.2, 0.25) is 0 Å². The Balaban J connectivity index is 2.36. The summed E-state index contributed by atoms with van der Waals surface area (Å²) >= 11 is 0. The molecular formula is C16H23BO11S4. The first-order chi connectivity index (χ1) is 14.3. The van der Waals surface area contributed by atoms with Gasteiger partial charge in [-0.15, -0.1) is 0 Å². The van der Waals surface area contributed by atoms with E-state index in [-0.39, 0.29) is 5.46 Å². The van der Waals surface area contributed by atoms with Crippen LogP contribution in [0.15, 0.2) is 18.2 Å². The molecule has 1 aliphatic carbocycles. The van der Waals surface area contributed by atoms with E-state index in [0.717, 1.165) is 11.1 Å². The summed E-state index contributed by atoms with van der Waals surface area (Å²) < 4.78 is 106. The Bertz CT molecular complexity index is 1240. The molecule has 0 bridgehead atoms. The van der Waals surface area contributed by atoms with Crippen LogP contribution in [0.25, 0.3) is 0 Å². The number of hydrogen-bond acceptors (Lipinski definition) is 11. The third-order valence-corrected chi connectivity index (χ3v) is 15.1. The Morgan fingerprint density at radius 1 is 0.812 bits per heavy atom. The molecule has 1 aromatic carbocycles. The van der Waals surface area contributed by atoms with E-state index in [0.29, 0.717) is 44.3 Å². The molecule has 1 fully saturated rings. The molecule has 0 radical (unpaired) electrons. The van der Waals surface area contributed by atoms with Crippen LogP contribution in [0.4, 0.5) is 0 Å². The lowest BCUT2D eigenvalue weighted by Crippen LogP contribution is -2.67. The topological polar surface area (TPSA) is 175 Å². The summed E-state index contributed by atoms with van der Waals surface area (Å²) in [6, 6.07) is 4.43. The van der Waals surface area contributed by atoms with Gasteiger partial charge in [0.25, 0.3) is 0 Å². The van der Waals surface area contributed by atoms with Crippen LogP contribution in [0, 0.1) is 0 Å². The summed E-state index contributed by atoms with van der Waals surface area (Å²) in [4.78, 5) is 0. The first-order valence-electron chi connectivity index (χ1n) is 9.22. The molecule has 0 spiro atoms. The number of aryl methyl sites for hydroxylation is 1. The number of aliphatic hydroxyl groups is 1. The predicted octanol–water partition coefficient (Wildman–Crippen LogP) is -2.24. The van der Waals surface area contributed by atoms with E-state index < -0.39 is 61.1 Å². The fourth-order valence-electron chi connectivity index (χ4n) is 4.30. The summed E-state index contributed by atoms with van der Waals surface area (Å²) in [7, 11) is -22.3. The molecule has 1 N–H and O–H groups in total. The van der Waals surface area contributed by atoms with Gasteiger partial charge in [0.05, 0.1) is 6.10 Å². The lowest BCUT2D eigenvalue weighted by atomic mass is 9.76. The zero-order valence-corrected chi connectivity index (χ0v) is 20.9. The first-order valence-corrected chi connectivity index (χ1v) is 16.8. The van der Waals surface area contributed by atoms with Crippen LogP contribution in [-0.4, -0.2) is 85.6 Å². The highest BCUT2D eigenvalue weighted by atomic mass is 32.3. The van der Waals surface area contributed by atoms with Crippen molar-refractivity contribution in [3.05, 3.63) is 29.3 Å². The average Bonchev–Trinajstić information content (AvgIpc) is 3.00. The van der Waals surface area contributed by atoms with E-state index in [4.69, 9.17) is 9.31 Å². The highest BCUT2D eigenvalue weighted by Gasteiger charge is 2.83. The van der Waals surface area contributed by atoms with Gasteiger partial charge < -0.3 is 14.4 Å². The van der Waals surface area contributed by atoms with Gasteiger partial charge in [-0.25, -0.2) is 33.7 Å². The maximum absolute atomic E-state index is 12.8. The molecule has 1 saturated heterocycles. The van der Waals surface area contributed by atoms with Gasteiger partial charge in [0, 0.05) is 25.0 Å². The molecule has 16 heteroatoms. The quantitative estimate of drug-likeness (QED) is 0.408. The molecule has 1 unspecified atom stereocenters. The van der Waals surface area contributed by atoms with E-state index in [9.17, 15) is 38.8 Å². The normalized spacial score (nSPS) is 23.7. The van der Waals surface area contributed by atoms with Crippen molar-refractivity contribution in [2.75, 3.05) is 25.0 Å². The highest BCUT2D eigenvalue weighted by molar-refractivity contribution is 8.16. The standard InChI is InChI=1S/C16H23BO11S4/c1-29(19,20)15(30(2,21)22)16(31(3,23)24,32(4,25)26)28-17(27-15)13-7-5-12-10-14(18)8-6-11(12)9-13/h5,7,9,14,18H,6,8,10H2,1-4H3. The molecule has 180 valence electrons. The number of aliphatic hydroxyl groups excluding tert-OH is 1. The monoisotopic (exact) mass is 530 g/mol. The SMILES string of the molecule is CS(=O)(=O)C1(S(C)(=O)=O)OB(c2ccc3c(c2)CCC(O)C3)OC1(S(C)(=O)=O)S(C)(=O)=O. The van der Waals surface area contributed by atoms with Gasteiger partial charge in [-0.05, 0) is 35.9 Å². The third-order valence-electron chi connectivity index (χ3n) is 5.56. The van der Waals surface area contributed by atoms with Gasteiger partial charge >= 0.3 is 15.6 Å². The summed E-state index contributed by atoms with van der Waals surface area (Å²) in [5.74, 6) is 0. The second-order valence-corrected chi connectivity index (χ2v) is 17.2. The number of rotatable bonds is 5. The molecule has 1 atom stereocenters. The molecule has 0 saturated carbocycles. The predicted molar refractivity (Wildman–Crippen MR) is 117 cm³/mol. The highest BCUT2D eigenvalue weighted by Crippen LogP contribution is 2.51. The number of hydrogen-bond donors (Lipinski definition) is 1. The number of benzene rings is 1. The van der Waals surface area contributed by atoms with Gasteiger partial charge in [-0.1, -0.05) is 18.2 Å². The van der Waals surface area contributed by atoms with Crippen LogP contribution in [-0.2, 0) is 61.5 Å². The minimum absolute atomic E-state index is 0.0333. The van der Waals surface area contributed by atoms with Crippen molar-refractivity contribution < 1.29 is 48.1 Å². The Hall–Kier alpha value is -1.04. The summed E-state index contributed by atoms with van der Waals surface area (Å²) in [5.41, 5.74) is 1.53. The molecule has 0 aromatic heterocycles. The van der Waals surface area contributed by atoms with E-state index in [1.807, 2.05) is 0 Å². The van der Waals surface area contributed by atoms with Gasteiger partial charge in [-0.2, -0.15) is 0 Å². The number of sulfone groups is 4. The Labute approximate surface area is 187 Å². The largest absolute Gasteiger partial charge is 0.497 e. The second kappa shape index (κ2) is 7.48. The zero-order valence-electron chi connectivity index (χ0n) is 17.7. The summed E-state index contributed by atoms with van der Waals surface area (Å²) in [6.45, 7) is 0. The Morgan fingerprint density at radius 3 is 1.66 bits per heavy atom. The van der Waals surface area contributed by atoms with E-state index in [1.54, 1.807) is 6.07 Å². The van der Waals surface area contributed by atoms with Crippen LogP contribution in [0.2, 0.25) is 0 Å². The van der Waals surface area contributed by atoms with Gasteiger partial charge in [0.1, 0.15) is 0 Å². The van der Waals surface area contributed by atoms with Crippen molar-refractivity contribution in [1.82, 2.24) is 0 Å². The van der Waals surface area contributed by atoms with Crippen molar-refractivity contribution >= 4 is 51.9 Å². The maximum Gasteiger partial charge on any atom is 0.497 e. The van der Waals surface area contributed by atoms with Crippen molar-refractivity contribution in [1.29, 1.82) is 0 Å². The minimum Gasteiger partial charge on any atom is -0.393 e. The smallest absolute Gasteiger partial charge is 0.393 e. The van der Waals surface area contributed by atoms with Crippen molar-refractivity contribution in [3.63, 3.8) is 0 Å². The summed E-state index contributed by atoms with van der Waals surface area (Å²) in [6.07, 6.45) is 2.18. The van der Waals surface area contributed by atoms with E-state index in [2.05, 4.69) is 0 Å². The van der Waals surface area contributed by atoms with Crippen molar-refractivity contribution in [2.45, 2.75) is 33.9 Å². The number of fused-ring (bicyclic) bond motifs is 1. The van der Waals surface area contributed by atoms with Crippen LogP contribution in [0.3, 0.4) is 0 Å². The van der Waals surface area contributed by atoms with Crippen molar-refractivity contribution in [2.24, 2.45) is 0 Å². The molecule has 1 heterocycles. The van der Waals surface area contributed by atoms with Crippen LogP contribution >= 0.6 is 0 Å². The molecule has 1 aromatic rings. The van der Waals surface area contributed by atoms with Gasteiger partial charge in [0.15, 0.2) is 39.3 Å². The molecule has 0 amide bonds. The molecule has 32 heavy (non-hydrogen) atoms. The average molecular weight is 530 g/mol. The molecular weight excluding hydrogens is 507 g/mol. The van der Waals surface area contributed by atoms with Crippen LogP contribution in [0.5, 0.6) is 0 Å². The molecule has 2 aliphatic rings. The fourth-order valence-corrected chi connectivity index (χ4v) is 15.4. The van der Waals surface area contributed by atoms with Gasteiger partial charge in [-0.3, -0.25) is 0 Å². The Kier molecular flexibility index (Phi) is 5.98. The summed E-state index contributed by atoms with van der Waals surface area (Å²) in [5, 5.41) is 9.82. The molecule has 1 aliphatic heterocycles. The van der Waals surface area contributed by atoms with E-state index >= 15 is 0 Å². The van der Waals surface area contributed by atoms with Crippen molar-refractivity contribution in [3.8, 4) is 0 Å². The fraction of sp³-hybridized carbons (Fsp3) is 0.625. The maximum atomic E-state index is 12.8. The molecule has 3 rings (SSSR count). The lowest BCUT2D eigenvalue weighted by molar-refractivity contribution is 0.158. The zero-order chi connectivity index (χ0) is 24.5.